The van der Waals surface area contributed by atoms with Crippen LogP contribution in [0, 0.1) is 0 Å². The first-order valence-electron chi connectivity index (χ1n) is 6.48. The second kappa shape index (κ2) is 7.13. The Kier molecular flexibility index (Phi) is 5.22. The second-order valence-corrected chi connectivity index (χ2v) is 5.13. The molecule has 2 aromatic carbocycles. The Labute approximate surface area is 131 Å². The van der Waals surface area contributed by atoms with Crippen molar-refractivity contribution in [2.75, 3.05) is 6.61 Å². The Morgan fingerprint density at radius 1 is 1.14 bits per heavy atom. The van der Waals surface area contributed by atoms with Crippen molar-refractivity contribution in [2.24, 2.45) is 0 Å². The number of carbonyl (C=O) groups is 1. The van der Waals surface area contributed by atoms with Crippen molar-refractivity contribution >= 4 is 21.9 Å². The smallest absolute Gasteiger partial charge is 0.335 e. The monoisotopic (exact) mass is 350 g/mol. The summed E-state index contributed by atoms with van der Waals surface area (Å²) in [5.74, 6) is 0.400. The van der Waals surface area contributed by atoms with Crippen LogP contribution in [-0.4, -0.2) is 17.7 Å². The molecule has 4 nitrogen and oxygen atoms in total. The lowest BCUT2D eigenvalue weighted by Gasteiger charge is -2.12. The summed E-state index contributed by atoms with van der Waals surface area (Å²) in [7, 11) is 0. The molecular formula is C16H15BrO4. The predicted molar refractivity (Wildman–Crippen MR) is 83.0 cm³/mol. The van der Waals surface area contributed by atoms with E-state index in [9.17, 15) is 4.79 Å². The van der Waals surface area contributed by atoms with Gasteiger partial charge in [0.1, 0.15) is 6.61 Å². The molecular weight excluding hydrogens is 336 g/mol. The minimum atomic E-state index is -0.954. The van der Waals surface area contributed by atoms with Gasteiger partial charge in [-0.2, -0.15) is 0 Å². The van der Waals surface area contributed by atoms with Crippen LogP contribution >= 0.6 is 15.9 Å². The van der Waals surface area contributed by atoms with E-state index in [0.29, 0.717) is 29.2 Å². The lowest BCUT2D eigenvalue weighted by atomic mass is 10.1. The summed E-state index contributed by atoms with van der Waals surface area (Å²) in [4.78, 5) is 10.9. The number of hydrogen-bond donors (Lipinski definition) is 1. The molecule has 0 bridgehead atoms. The summed E-state index contributed by atoms with van der Waals surface area (Å²) in [5, 5.41) is 8.93. The number of aromatic carboxylic acids is 1. The third-order valence-corrected chi connectivity index (χ3v) is 3.57. The normalized spacial score (nSPS) is 10.2. The Balaban J connectivity index is 2.11. The molecule has 0 fully saturated rings. The topological polar surface area (TPSA) is 55.8 Å². The zero-order valence-electron chi connectivity index (χ0n) is 11.5. The largest absolute Gasteiger partial charge is 0.490 e. The van der Waals surface area contributed by atoms with Crippen molar-refractivity contribution in [3.05, 3.63) is 58.1 Å². The van der Waals surface area contributed by atoms with Crippen LogP contribution in [0.25, 0.3) is 0 Å². The molecule has 5 heteroatoms. The van der Waals surface area contributed by atoms with Crippen molar-refractivity contribution in [3.63, 3.8) is 0 Å². The number of hydrogen-bond acceptors (Lipinski definition) is 3. The zero-order chi connectivity index (χ0) is 15.2. The van der Waals surface area contributed by atoms with E-state index in [-0.39, 0.29) is 5.56 Å². The van der Waals surface area contributed by atoms with Crippen molar-refractivity contribution in [2.45, 2.75) is 13.5 Å². The molecule has 1 N–H and O–H groups in total. The molecule has 2 aromatic rings. The number of rotatable bonds is 6. The van der Waals surface area contributed by atoms with Crippen molar-refractivity contribution in [1.29, 1.82) is 0 Å². The minimum absolute atomic E-state index is 0.236. The fourth-order valence-corrected chi connectivity index (χ4v) is 2.29. The molecule has 0 aliphatic rings. The third kappa shape index (κ3) is 3.98. The summed E-state index contributed by atoms with van der Waals surface area (Å²) in [6, 6.07) is 12.3. The number of para-hydroxylation sites is 2. The highest BCUT2D eigenvalue weighted by Gasteiger charge is 2.09. The first-order chi connectivity index (χ1) is 10.1. The SMILES string of the molecule is CCOc1ccccc1OCc1ccc(C(=O)O)cc1Br. The molecule has 2 rings (SSSR count). The van der Waals surface area contributed by atoms with Gasteiger partial charge in [-0.05, 0) is 31.2 Å². The highest BCUT2D eigenvalue weighted by molar-refractivity contribution is 9.10. The van der Waals surface area contributed by atoms with Gasteiger partial charge in [0.2, 0.25) is 0 Å². The predicted octanol–water partition coefficient (Wildman–Crippen LogP) is 4.13. The third-order valence-electron chi connectivity index (χ3n) is 2.83. The van der Waals surface area contributed by atoms with Gasteiger partial charge < -0.3 is 14.6 Å². The van der Waals surface area contributed by atoms with Crippen molar-refractivity contribution < 1.29 is 19.4 Å². The lowest BCUT2D eigenvalue weighted by molar-refractivity contribution is 0.0696. The van der Waals surface area contributed by atoms with E-state index in [1.165, 1.54) is 0 Å². The van der Waals surface area contributed by atoms with Gasteiger partial charge in [-0.3, -0.25) is 0 Å². The molecule has 0 aliphatic carbocycles. The van der Waals surface area contributed by atoms with E-state index >= 15 is 0 Å². The van der Waals surface area contributed by atoms with E-state index in [4.69, 9.17) is 14.6 Å². The van der Waals surface area contributed by atoms with Crippen molar-refractivity contribution in [3.8, 4) is 11.5 Å². The molecule has 0 heterocycles. The maximum absolute atomic E-state index is 10.9. The Morgan fingerprint density at radius 2 is 1.81 bits per heavy atom. The minimum Gasteiger partial charge on any atom is -0.490 e. The van der Waals surface area contributed by atoms with Gasteiger partial charge in [0.25, 0.3) is 0 Å². The van der Waals surface area contributed by atoms with Crippen LogP contribution in [-0.2, 0) is 6.61 Å². The van der Waals surface area contributed by atoms with Crippen LogP contribution < -0.4 is 9.47 Å². The molecule has 110 valence electrons. The first-order valence-corrected chi connectivity index (χ1v) is 7.27. The van der Waals surface area contributed by atoms with Crippen molar-refractivity contribution in [1.82, 2.24) is 0 Å². The second-order valence-electron chi connectivity index (χ2n) is 4.28. The fraction of sp³-hybridized carbons (Fsp3) is 0.188. The summed E-state index contributed by atoms with van der Waals surface area (Å²) in [5.41, 5.74) is 1.10. The number of halogens is 1. The molecule has 0 unspecified atom stereocenters. The highest BCUT2D eigenvalue weighted by Crippen LogP contribution is 2.28. The van der Waals surface area contributed by atoms with Crippen LogP contribution in [0.5, 0.6) is 11.5 Å². The molecule has 0 radical (unpaired) electrons. The lowest BCUT2D eigenvalue weighted by Crippen LogP contribution is -2.02. The van der Waals surface area contributed by atoms with Crippen LogP contribution in [0.4, 0.5) is 0 Å². The van der Waals surface area contributed by atoms with Gasteiger partial charge in [-0.1, -0.05) is 34.1 Å². The Hall–Kier alpha value is -2.01. The number of carboxylic acid groups (broad SMARTS) is 1. The van der Waals surface area contributed by atoms with E-state index in [2.05, 4.69) is 15.9 Å². The fourth-order valence-electron chi connectivity index (χ4n) is 1.80. The maximum Gasteiger partial charge on any atom is 0.335 e. The molecule has 0 saturated heterocycles. The summed E-state index contributed by atoms with van der Waals surface area (Å²) >= 11 is 3.36. The average molecular weight is 351 g/mol. The first kappa shape index (κ1) is 15.4. The molecule has 0 amide bonds. The van der Waals surface area contributed by atoms with Gasteiger partial charge in [0.05, 0.1) is 12.2 Å². The zero-order valence-corrected chi connectivity index (χ0v) is 13.1. The average Bonchev–Trinajstić information content (AvgIpc) is 2.47. The summed E-state index contributed by atoms with van der Waals surface area (Å²) in [6.45, 7) is 2.81. The van der Waals surface area contributed by atoms with Crippen LogP contribution in [0.2, 0.25) is 0 Å². The van der Waals surface area contributed by atoms with E-state index in [1.54, 1.807) is 18.2 Å². The van der Waals surface area contributed by atoms with Crippen LogP contribution in [0.15, 0.2) is 46.9 Å². The maximum atomic E-state index is 10.9. The van der Waals surface area contributed by atoms with Gasteiger partial charge in [0, 0.05) is 10.0 Å². The van der Waals surface area contributed by atoms with E-state index in [1.807, 2.05) is 31.2 Å². The number of carboxylic acids is 1. The summed E-state index contributed by atoms with van der Waals surface area (Å²) in [6.07, 6.45) is 0. The molecule has 0 spiro atoms. The van der Waals surface area contributed by atoms with Gasteiger partial charge in [-0.25, -0.2) is 4.79 Å². The Bertz CT molecular complexity index is 640. The quantitative estimate of drug-likeness (QED) is 0.850. The van der Waals surface area contributed by atoms with Crippen LogP contribution in [0.1, 0.15) is 22.8 Å². The van der Waals surface area contributed by atoms with Gasteiger partial charge in [0.15, 0.2) is 11.5 Å². The standard InChI is InChI=1S/C16H15BrO4/c1-2-20-14-5-3-4-6-15(14)21-10-12-8-7-11(16(18)19)9-13(12)17/h3-9H,2,10H2,1H3,(H,18,19). The highest BCUT2D eigenvalue weighted by atomic mass is 79.9. The van der Waals surface area contributed by atoms with E-state index < -0.39 is 5.97 Å². The molecule has 0 atom stereocenters. The van der Waals surface area contributed by atoms with Gasteiger partial charge >= 0.3 is 5.97 Å². The summed E-state index contributed by atoms with van der Waals surface area (Å²) < 4.78 is 12.0. The molecule has 0 aliphatic heterocycles. The number of benzene rings is 2. The molecule has 0 aromatic heterocycles. The number of ether oxygens (including phenoxy) is 2. The van der Waals surface area contributed by atoms with E-state index in [0.717, 1.165) is 5.56 Å². The van der Waals surface area contributed by atoms with Crippen LogP contribution in [0.3, 0.4) is 0 Å². The molecule has 21 heavy (non-hydrogen) atoms. The molecule has 0 saturated carbocycles. The Morgan fingerprint density at radius 3 is 2.38 bits per heavy atom. The van der Waals surface area contributed by atoms with Gasteiger partial charge in [-0.15, -0.1) is 0 Å².